The van der Waals surface area contributed by atoms with Crippen molar-refractivity contribution in [1.82, 2.24) is 0 Å². The molecule has 2 nitrogen and oxygen atoms in total. The van der Waals surface area contributed by atoms with Crippen molar-refractivity contribution < 1.29 is 4.74 Å². The van der Waals surface area contributed by atoms with Gasteiger partial charge in [0.25, 0.3) is 0 Å². The first kappa shape index (κ1) is 11.4. The highest BCUT2D eigenvalue weighted by Gasteiger charge is 2.20. The third-order valence-electron chi connectivity index (χ3n) is 2.20. The summed E-state index contributed by atoms with van der Waals surface area (Å²) in [6, 6.07) is 2.33. The van der Waals surface area contributed by atoms with E-state index in [0.717, 1.165) is 25.9 Å². The molecule has 1 atom stereocenters. The van der Waals surface area contributed by atoms with Gasteiger partial charge in [0.15, 0.2) is 0 Å². The summed E-state index contributed by atoms with van der Waals surface area (Å²) in [5.41, 5.74) is -0.187. The molecule has 0 saturated carbocycles. The zero-order valence-corrected chi connectivity index (χ0v) is 8.39. The lowest BCUT2D eigenvalue weighted by molar-refractivity contribution is 0.111. The van der Waals surface area contributed by atoms with Crippen LogP contribution in [-0.2, 0) is 4.74 Å². The zero-order chi connectivity index (χ0) is 9.45. The van der Waals surface area contributed by atoms with E-state index in [1.54, 1.807) is 0 Å². The molecule has 0 bridgehead atoms. The molecule has 0 amide bonds. The van der Waals surface area contributed by atoms with E-state index >= 15 is 0 Å². The van der Waals surface area contributed by atoms with Crippen LogP contribution in [0, 0.1) is 16.7 Å². The molecule has 0 radical (unpaired) electrons. The van der Waals surface area contributed by atoms with E-state index in [1.165, 1.54) is 0 Å². The fraction of sp³-hybridized carbons (Fsp3) is 0.900. The first-order chi connectivity index (χ1) is 5.68. The van der Waals surface area contributed by atoms with Gasteiger partial charge in [-0.25, -0.2) is 0 Å². The number of hydrogen-bond acceptors (Lipinski definition) is 2. The maximum Gasteiger partial charge on any atom is 0.0687 e. The molecule has 0 aliphatic rings. The molecule has 0 aliphatic carbocycles. The van der Waals surface area contributed by atoms with E-state index in [0.29, 0.717) is 6.61 Å². The molecule has 70 valence electrons. The Kier molecular flexibility index (Phi) is 5.74. The van der Waals surface area contributed by atoms with Crippen LogP contribution in [0.1, 0.15) is 40.0 Å². The van der Waals surface area contributed by atoms with Gasteiger partial charge in [-0.2, -0.15) is 5.26 Å². The van der Waals surface area contributed by atoms with Crippen molar-refractivity contribution in [3.8, 4) is 6.07 Å². The standard InChI is InChI=1S/C10H19NO/c1-4-7-12-8-6-10(3,5-2)9-11/h4-8H2,1-3H3. The van der Waals surface area contributed by atoms with Crippen LogP contribution in [0.15, 0.2) is 0 Å². The first-order valence-corrected chi connectivity index (χ1v) is 4.67. The van der Waals surface area contributed by atoms with Gasteiger partial charge < -0.3 is 4.74 Å². The van der Waals surface area contributed by atoms with Gasteiger partial charge in [-0.05, 0) is 26.2 Å². The summed E-state index contributed by atoms with van der Waals surface area (Å²) in [6.45, 7) is 7.64. The SMILES string of the molecule is CCCOCCC(C)(C#N)CC. The minimum atomic E-state index is -0.187. The van der Waals surface area contributed by atoms with Crippen LogP contribution in [0.25, 0.3) is 0 Å². The maximum atomic E-state index is 8.84. The molecule has 0 heterocycles. The Labute approximate surface area is 75.5 Å². The van der Waals surface area contributed by atoms with Crippen molar-refractivity contribution in [3.05, 3.63) is 0 Å². The molecule has 1 unspecified atom stereocenters. The summed E-state index contributed by atoms with van der Waals surface area (Å²) in [5.74, 6) is 0. The normalized spacial score (nSPS) is 15.2. The molecule has 0 fully saturated rings. The van der Waals surface area contributed by atoms with Gasteiger partial charge in [0.2, 0.25) is 0 Å². The van der Waals surface area contributed by atoms with Crippen molar-refractivity contribution in [3.63, 3.8) is 0 Å². The molecule has 0 spiro atoms. The third kappa shape index (κ3) is 4.35. The Morgan fingerprint density at radius 3 is 2.42 bits per heavy atom. The molecule has 0 N–H and O–H groups in total. The van der Waals surface area contributed by atoms with Gasteiger partial charge in [0.1, 0.15) is 0 Å². The zero-order valence-electron chi connectivity index (χ0n) is 8.39. The van der Waals surface area contributed by atoms with Crippen molar-refractivity contribution in [2.24, 2.45) is 5.41 Å². The lowest BCUT2D eigenvalue weighted by atomic mass is 9.86. The Morgan fingerprint density at radius 1 is 1.33 bits per heavy atom. The molecule has 0 aromatic carbocycles. The maximum absolute atomic E-state index is 8.84. The van der Waals surface area contributed by atoms with Crippen LogP contribution in [0.2, 0.25) is 0 Å². The largest absolute Gasteiger partial charge is 0.381 e. The minimum absolute atomic E-state index is 0.187. The fourth-order valence-corrected chi connectivity index (χ4v) is 0.856. The fourth-order valence-electron chi connectivity index (χ4n) is 0.856. The summed E-state index contributed by atoms with van der Waals surface area (Å²) in [7, 11) is 0. The Balaban J connectivity index is 3.54. The molecule has 0 aromatic heterocycles. The molecule has 0 aromatic rings. The number of nitrogens with zero attached hydrogens (tertiary/aromatic N) is 1. The molecule has 0 saturated heterocycles. The van der Waals surface area contributed by atoms with Gasteiger partial charge in [-0.1, -0.05) is 13.8 Å². The first-order valence-electron chi connectivity index (χ1n) is 4.67. The predicted molar refractivity (Wildman–Crippen MR) is 49.7 cm³/mol. The monoisotopic (exact) mass is 169 g/mol. The van der Waals surface area contributed by atoms with Gasteiger partial charge in [-0.15, -0.1) is 0 Å². The lowest BCUT2D eigenvalue weighted by Gasteiger charge is -2.18. The van der Waals surface area contributed by atoms with Gasteiger partial charge in [0, 0.05) is 13.2 Å². The highest BCUT2D eigenvalue weighted by Crippen LogP contribution is 2.23. The smallest absolute Gasteiger partial charge is 0.0687 e. The van der Waals surface area contributed by atoms with Crippen LogP contribution < -0.4 is 0 Å². The van der Waals surface area contributed by atoms with Gasteiger partial charge in [0.05, 0.1) is 11.5 Å². The van der Waals surface area contributed by atoms with Crippen LogP contribution in [0.3, 0.4) is 0 Å². The highest BCUT2D eigenvalue weighted by molar-refractivity contribution is 4.94. The second kappa shape index (κ2) is 6.02. The quantitative estimate of drug-likeness (QED) is 0.573. The molecule has 0 aliphatic heterocycles. The summed E-state index contributed by atoms with van der Waals surface area (Å²) >= 11 is 0. The second-order valence-corrected chi connectivity index (χ2v) is 3.39. The van der Waals surface area contributed by atoms with Crippen LogP contribution in [0.4, 0.5) is 0 Å². The van der Waals surface area contributed by atoms with E-state index in [1.807, 2.05) is 13.8 Å². The van der Waals surface area contributed by atoms with E-state index in [4.69, 9.17) is 10.00 Å². The Morgan fingerprint density at radius 2 is 2.00 bits per heavy atom. The van der Waals surface area contributed by atoms with Crippen LogP contribution >= 0.6 is 0 Å². The number of rotatable bonds is 6. The Bertz CT molecular complexity index is 150. The average molecular weight is 169 g/mol. The number of ether oxygens (including phenoxy) is 1. The summed E-state index contributed by atoms with van der Waals surface area (Å²) in [6.07, 6.45) is 2.80. The van der Waals surface area contributed by atoms with Crippen LogP contribution in [0.5, 0.6) is 0 Å². The van der Waals surface area contributed by atoms with Gasteiger partial charge >= 0.3 is 0 Å². The van der Waals surface area contributed by atoms with Gasteiger partial charge in [-0.3, -0.25) is 0 Å². The minimum Gasteiger partial charge on any atom is -0.381 e. The van der Waals surface area contributed by atoms with Crippen molar-refractivity contribution in [2.45, 2.75) is 40.0 Å². The average Bonchev–Trinajstić information content (AvgIpc) is 2.12. The van der Waals surface area contributed by atoms with E-state index < -0.39 is 0 Å². The molecular weight excluding hydrogens is 150 g/mol. The topological polar surface area (TPSA) is 33.0 Å². The summed E-state index contributed by atoms with van der Waals surface area (Å²) < 4.78 is 5.33. The Hall–Kier alpha value is -0.550. The molecular formula is C10H19NO. The molecule has 12 heavy (non-hydrogen) atoms. The molecule has 0 rings (SSSR count). The lowest BCUT2D eigenvalue weighted by Crippen LogP contribution is -2.15. The van der Waals surface area contributed by atoms with E-state index in [2.05, 4.69) is 13.0 Å². The van der Waals surface area contributed by atoms with E-state index in [9.17, 15) is 0 Å². The second-order valence-electron chi connectivity index (χ2n) is 3.39. The summed E-state index contributed by atoms with van der Waals surface area (Å²) in [5, 5.41) is 8.84. The van der Waals surface area contributed by atoms with Crippen molar-refractivity contribution in [2.75, 3.05) is 13.2 Å². The predicted octanol–water partition coefficient (Wildman–Crippen LogP) is 2.74. The summed E-state index contributed by atoms with van der Waals surface area (Å²) in [4.78, 5) is 0. The number of hydrogen-bond donors (Lipinski definition) is 0. The van der Waals surface area contributed by atoms with Crippen LogP contribution in [-0.4, -0.2) is 13.2 Å². The van der Waals surface area contributed by atoms with Crippen molar-refractivity contribution in [1.29, 1.82) is 5.26 Å². The third-order valence-corrected chi connectivity index (χ3v) is 2.20. The number of nitriles is 1. The highest BCUT2D eigenvalue weighted by atomic mass is 16.5. The molecule has 2 heteroatoms. The van der Waals surface area contributed by atoms with E-state index in [-0.39, 0.29) is 5.41 Å². The van der Waals surface area contributed by atoms with Crippen molar-refractivity contribution >= 4 is 0 Å².